The molecular weight excluding hydrogens is 256 g/mol. The van der Waals surface area contributed by atoms with E-state index in [0.717, 1.165) is 12.8 Å². The zero-order valence-electron chi connectivity index (χ0n) is 10.5. The van der Waals surface area contributed by atoms with Crippen LogP contribution in [0.25, 0.3) is 0 Å². The quantitative estimate of drug-likeness (QED) is 0.723. The largest absolute Gasteiger partial charge is 0.392 e. The van der Waals surface area contributed by atoms with Crippen LogP contribution < -0.4 is 10.5 Å². The second-order valence-electron chi connectivity index (χ2n) is 5.18. The van der Waals surface area contributed by atoms with Gasteiger partial charge in [0.15, 0.2) is 0 Å². The van der Waals surface area contributed by atoms with Crippen LogP contribution in [-0.4, -0.2) is 25.2 Å². The van der Waals surface area contributed by atoms with Crippen LogP contribution in [-0.2, 0) is 10.0 Å². The van der Waals surface area contributed by atoms with Crippen LogP contribution >= 0.6 is 12.2 Å². The highest BCUT2D eigenvalue weighted by atomic mass is 32.2. The van der Waals surface area contributed by atoms with E-state index in [4.69, 9.17) is 18.0 Å². The third-order valence-corrected chi connectivity index (χ3v) is 5.89. The van der Waals surface area contributed by atoms with Crippen molar-refractivity contribution < 1.29 is 8.42 Å². The molecule has 1 fully saturated rings. The molecule has 4 nitrogen and oxygen atoms in total. The highest BCUT2D eigenvalue weighted by Gasteiger charge is 2.32. The predicted octanol–water partition coefficient (Wildman–Crippen LogP) is 1.55. The van der Waals surface area contributed by atoms with E-state index in [2.05, 4.69) is 11.6 Å². The Morgan fingerprint density at radius 3 is 2.41 bits per heavy atom. The van der Waals surface area contributed by atoms with Crippen LogP contribution in [0.1, 0.15) is 46.0 Å². The van der Waals surface area contributed by atoms with Gasteiger partial charge in [-0.25, -0.2) is 13.1 Å². The van der Waals surface area contributed by atoms with Gasteiger partial charge >= 0.3 is 0 Å². The van der Waals surface area contributed by atoms with E-state index in [1.54, 1.807) is 6.92 Å². The summed E-state index contributed by atoms with van der Waals surface area (Å²) in [6, 6.07) is 0. The first-order valence-electron chi connectivity index (χ1n) is 6.08. The first-order valence-corrected chi connectivity index (χ1v) is 8.04. The topological polar surface area (TPSA) is 72.2 Å². The summed E-state index contributed by atoms with van der Waals surface area (Å²) in [4.78, 5) is 0.0524. The molecular formula is C11H22N2O2S2. The van der Waals surface area contributed by atoms with E-state index in [0.29, 0.717) is 13.0 Å². The lowest BCUT2D eigenvalue weighted by Gasteiger charge is -2.25. The number of thiocarbonyl (C=S) groups is 1. The van der Waals surface area contributed by atoms with Gasteiger partial charge < -0.3 is 5.73 Å². The molecule has 0 bridgehead atoms. The summed E-state index contributed by atoms with van der Waals surface area (Å²) in [7, 11) is -3.41. The molecule has 1 saturated carbocycles. The number of nitrogens with two attached hydrogens (primary N) is 1. The Morgan fingerprint density at radius 1 is 1.47 bits per heavy atom. The predicted molar refractivity (Wildman–Crippen MR) is 74.4 cm³/mol. The molecule has 0 aromatic rings. The van der Waals surface area contributed by atoms with E-state index in [1.807, 2.05) is 0 Å². The van der Waals surface area contributed by atoms with Crippen molar-refractivity contribution in [3.05, 3.63) is 0 Å². The Bertz CT molecular complexity index is 373. The molecule has 0 spiro atoms. The summed E-state index contributed by atoms with van der Waals surface area (Å²) in [5, 5.41) is -0.748. The highest BCUT2D eigenvalue weighted by Crippen LogP contribution is 2.36. The van der Waals surface area contributed by atoms with Crippen molar-refractivity contribution >= 4 is 27.2 Å². The van der Waals surface area contributed by atoms with E-state index in [1.165, 1.54) is 12.8 Å². The van der Waals surface area contributed by atoms with E-state index in [9.17, 15) is 8.42 Å². The number of sulfonamides is 1. The first-order chi connectivity index (χ1) is 7.81. The van der Waals surface area contributed by atoms with Crippen molar-refractivity contribution in [3.63, 3.8) is 0 Å². The molecule has 0 saturated heterocycles. The molecule has 3 N–H and O–H groups in total. The van der Waals surface area contributed by atoms with E-state index >= 15 is 0 Å². The van der Waals surface area contributed by atoms with Gasteiger partial charge in [0.1, 0.15) is 5.25 Å². The van der Waals surface area contributed by atoms with Crippen molar-refractivity contribution in [1.29, 1.82) is 0 Å². The summed E-state index contributed by atoms with van der Waals surface area (Å²) < 4.78 is 26.7. The van der Waals surface area contributed by atoms with Crippen molar-refractivity contribution in [2.75, 3.05) is 6.54 Å². The fourth-order valence-corrected chi connectivity index (χ4v) is 4.40. The molecule has 6 heteroatoms. The Balaban J connectivity index is 2.63. The number of hydrogen-bond donors (Lipinski definition) is 2. The third-order valence-electron chi connectivity index (χ3n) is 3.57. The fourth-order valence-electron chi connectivity index (χ4n) is 2.35. The SMILES string of the molecule is CCC(C(N)=S)S(=O)(=O)NCC1(C)CCCC1. The van der Waals surface area contributed by atoms with Gasteiger partial charge in [0, 0.05) is 6.54 Å². The molecule has 17 heavy (non-hydrogen) atoms. The molecule has 0 radical (unpaired) electrons. The summed E-state index contributed by atoms with van der Waals surface area (Å²) in [5.74, 6) is 0. The second-order valence-corrected chi connectivity index (χ2v) is 7.60. The summed E-state index contributed by atoms with van der Waals surface area (Å²) >= 11 is 4.80. The Labute approximate surface area is 109 Å². The molecule has 1 unspecified atom stereocenters. The van der Waals surface area contributed by atoms with Crippen LogP contribution in [0.15, 0.2) is 0 Å². The molecule has 1 rings (SSSR count). The van der Waals surface area contributed by atoms with Gasteiger partial charge in [0.2, 0.25) is 10.0 Å². The Morgan fingerprint density at radius 2 is 2.00 bits per heavy atom. The zero-order chi connectivity index (χ0) is 13.1. The van der Waals surface area contributed by atoms with Crippen molar-refractivity contribution in [2.24, 2.45) is 11.1 Å². The molecule has 0 amide bonds. The van der Waals surface area contributed by atoms with Crippen molar-refractivity contribution in [1.82, 2.24) is 4.72 Å². The van der Waals surface area contributed by atoms with Gasteiger partial charge in [-0.3, -0.25) is 0 Å². The van der Waals surface area contributed by atoms with E-state index < -0.39 is 15.3 Å². The number of nitrogens with one attached hydrogen (secondary N) is 1. The maximum Gasteiger partial charge on any atom is 0.221 e. The van der Waals surface area contributed by atoms with Crippen LogP contribution in [0, 0.1) is 5.41 Å². The molecule has 0 aromatic heterocycles. The summed E-state index contributed by atoms with van der Waals surface area (Å²) in [6.45, 7) is 4.40. The van der Waals surface area contributed by atoms with Crippen LogP contribution in [0.2, 0.25) is 0 Å². The number of rotatable bonds is 6. The minimum absolute atomic E-state index is 0.0524. The number of hydrogen-bond acceptors (Lipinski definition) is 3. The van der Waals surface area contributed by atoms with E-state index in [-0.39, 0.29) is 10.4 Å². The van der Waals surface area contributed by atoms with Crippen molar-refractivity contribution in [3.8, 4) is 0 Å². The van der Waals surface area contributed by atoms with Crippen LogP contribution in [0.4, 0.5) is 0 Å². The molecule has 0 aromatic carbocycles. The lowest BCUT2D eigenvalue weighted by Crippen LogP contribution is -2.44. The average Bonchev–Trinajstić information content (AvgIpc) is 2.63. The molecule has 0 heterocycles. The van der Waals surface area contributed by atoms with Gasteiger partial charge in [-0.15, -0.1) is 0 Å². The van der Waals surface area contributed by atoms with Gasteiger partial charge in [-0.05, 0) is 24.7 Å². The summed E-state index contributed by atoms with van der Waals surface area (Å²) in [5.41, 5.74) is 5.56. The molecule has 1 aliphatic carbocycles. The summed E-state index contributed by atoms with van der Waals surface area (Å²) in [6.07, 6.45) is 4.95. The molecule has 1 atom stereocenters. The smallest absolute Gasteiger partial charge is 0.221 e. The first kappa shape index (κ1) is 14.9. The molecule has 1 aliphatic rings. The van der Waals surface area contributed by atoms with Crippen molar-refractivity contribution in [2.45, 2.75) is 51.2 Å². The minimum Gasteiger partial charge on any atom is -0.392 e. The Hall–Kier alpha value is -0.200. The normalized spacial score (nSPS) is 21.3. The standard InChI is InChI=1S/C11H22N2O2S2/c1-3-9(10(12)16)17(14,15)13-8-11(2)6-4-5-7-11/h9,13H,3-8H2,1-2H3,(H2,12,16). The highest BCUT2D eigenvalue weighted by molar-refractivity contribution is 7.93. The minimum atomic E-state index is -3.41. The Kier molecular flexibility index (Phi) is 4.92. The molecule has 0 aliphatic heterocycles. The van der Waals surface area contributed by atoms with Gasteiger partial charge in [0.05, 0.1) is 4.99 Å². The van der Waals surface area contributed by atoms with Crippen LogP contribution in [0.3, 0.4) is 0 Å². The average molecular weight is 278 g/mol. The maximum atomic E-state index is 12.0. The van der Waals surface area contributed by atoms with Gasteiger partial charge in [-0.2, -0.15) is 0 Å². The zero-order valence-corrected chi connectivity index (χ0v) is 12.2. The maximum absolute atomic E-state index is 12.0. The molecule has 100 valence electrons. The van der Waals surface area contributed by atoms with Gasteiger partial charge in [-0.1, -0.05) is 38.9 Å². The third kappa shape index (κ3) is 3.89. The monoisotopic (exact) mass is 278 g/mol. The lowest BCUT2D eigenvalue weighted by atomic mass is 9.89. The lowest BCUT2D eigenvalue weighted by molar-refractivity contribution is 0.336. The second kappa shape index (κ2) is 5.63. The van der Waals surface area contributed by atoms with Crippen LogP contribution in [0.5, 0.6) is 0 Å². The van der Waals surface area contributed by atoms with Gasteiger partial charge in [0.25, 0.3) is 0 Å². The fraction of sp³-hybridized carbons (Fsp3) is 0.909.